The summed E-state index contributed by atoms with van der Waals surface area (Å²) in [6.45, 7) is 1.46. The maximum atomic E-state index is 13.6. The molecule has 0 heterocycles. The molecule has 2 aromatic carbocycles. The Labute approximate surface area is 194 Å². The van der Waals surface area contributed by atoms with Crippen molar-refractivity contribution in [3.8, 4) is 0 Å². The predicted octanol–water partition coefficient (Wildman–Crippen LogP) is 3.76. The Morgan fingerprint density at radius 3 is 2.41 bits per heavy atom. The molecule has 0 saturated heterocycles. The van der Waals surface area contributed by atoms with Crippen molar-refractivity contribution >= 4 is 27.6 Å². The average Bonchev–Trinajstić information content (AvgIpc) is 2.72. The molecular weight excluding hydrogens is 482 g/mol. The van der Waals surface area contributed by atoms with E-state index in [9.17, 15) is 23.5 Å². The molecule has 0 unspecified atom stereocenters. The summed E-state index contributed by atoms with van der Waals surface area (Å²) in [6.07, 6.45) is 1.11. The van der Waals surface area contributed by atoms with Crippen LogP contribution < -0.4 is 10.6 Å². The Kier molecular flexibility index (Phi) is 8.14. The molecule has 3 N–H and O–H groups in total. The summed E-state index contributed by atoms with van der Waals surface area (Å²) in [5, 5.41) is 17.0. The van der Waals surface area contributed by atoms with Gasteiger partial charge >= 0.3 is 0 Å². The van der Waals surface area contributed by atoms with Crippen LogP contribution in [0.2, 0.25) is 0 Å². The Morgan fingerprint density at radius 2 is 1.81 bits per heavy atom. The van der Waals surface area contributed by atoms with Gasteiger partial charge in [-0.3, -0.25) is 9.59 Å². The van der Waals surface area contributed by atoms with E-state index >= 15 is 0 Å². The summed E-state index contributed by atoms with van der Waals surface area (Å²) in [7, 11) is 0. The molecule has 2 atom stereocenters. The predicted molar refractivity (Wildman–Crippen MR) is 121 cm³/mol. The third-order valence-corrected chi connectivity index (χ3v) is 6.41. The molecule has 1 amide bonds. The van der Waals surface area contributed by atoms with Gasteiger partial charge in [-0.25, -0.2) is 8.78 Å². The number of aliphatic hydroxyl groups excluding tert-OH is 1. The van der Waals surface area contributed by atoms with Crippen LogP contribution in [-0.2, 0) is 21.5 Å². The number of carbonyl (C=O) groups excluding carboxylic acids is 2. The number of ketones is 1. The van der Waals surface area contributed by atoms with Crippen LogP contribution in [0.1, 0.15) is 43.7 Å². The van der Waals surface area contributed by atoms with Crippen molar-refractivity contribution in [1.82, 2.24) is 10.6 Å². The molecule has 1 aliphatic carbocycles. The SMILES string of the molecule is CC(=O)N[C@@H](Cc1cc(F)cc(F)c1)[C@H](O)CNC1(c2cccc(Br)c2)CCC(=O)CC1. The quantitative estimate of drug-likeness (QED) is 0.507. The van der Waals surface area contributed by atoms with Crippen LogP contribution in [-0.4, -0.2) is 35.5 Å². The minimum absolute atomic E-state index is 0.0689. The lowest BCUT2D eigenvalue weighted by molar-refractivity contribution is -0.122. The fraction of sp³-hybridized carbons (Fsp3) is 0.417. The number of nitrogens with one attached hydrogen (secondary N) is 2. The molecule has 8 heteroatoms. The summed E-state index contributed by atoms with van der Waals surface area (Å²) < 4.78 is 28.1. The van der Waals surface area contributed by atoms with Gasteiger partial charge in [-0.05, 0) is 54.7 Å². The number of hydrogen-bond acceptors (Lipinski definition) is 4. The lowest BCUT2D eigenvalue weighted by Crippen LogP contribution is -2.53. The Balaban J connectivity index is 1.78. The van der Waals surface area contributed by atoms with Crippen molar-refractivity contribution in [3.05, 3.63) is 69.7 Å². The molecule has 0 bridgehead atoms. The van der Waals surface area contributed by atoms with Gasteiger partial charge in [0.1, 0.15) is 17.4 Å². The van der Waals surface area contributed by atoms with Crippen LogP contribution in [0.5, 0.6) is 0 Å². The second-order valence-corrected chi connectivity index (χ2v) is 9.28. The van der Waals surface area contributed by atoms with Gasteiger partial charge in [0, 0.05) is 42.4 Å². The largest absolute Gasteiger partial charge is 0.390 e. The number of benzene rings is 2. The third-order valence-electron chi connectivity index (χ3n) is 5.92. The summed E-state index contributed by atoms with van der Waals surface area (Å²) in [5.41, 5.74) is 0.852. The van der Waals surface area contributed by atoms with Gasteiger partial charge in [-0.2, -0.15) is 0 Å². The minimum atomic E-state index is -1.02. The van der Waals surface area contributed by atoms with Gasteiger partial charge < -0.3 is 15.7 Å². The van der Waals surface area contributed by atoms with E-state index in [2.05, 4.69) is 26.6 Å². The molecule has 1 aliphatic rings. The highest BCUT2D eigenvalue weighted by atomic mass is 79.9. The van der Waals surface area contributed by atoms with Gasteiger partial charge in [0.2, 0.25) is 5.91 Å². The molecule has 0 aliphatic heterocycles. The van der Waals surface area contributed by atoms with E-state index in [1.807, 2.05) is 24.3 Å². The average molecular weight is 509 g/mol. The Morgan fingerprint density at radius 1 is 1.16 bits per heavy atom. The van der Waals surface area contributed by atoms with E-state index < -0.39 is 29.3 Å². The second kappa shape index (κ2) is 10.6. The topological polar surface area (TPSA) is 78.4 Å². The molecule has 32 heavy (non-hydrogen) atoms. The number of carbonyl (C=O) groups is 2. The molecule has 0 radical (unpaired) electrons. The zero-order valence-electron chi connectivity index (χ0n) is 17.8. The van der Waals surface area contributed by atoms with Gasteiger partial charge in [0.25, 0.3) is 0 Å². The zero-order valence-corrected chi connectivity index (χ0v) is 19.4. The van der Waals surface area contributed by atoms with Crippen molar-refractivity contribution in [2.75, 3.05) is 6.54 Å². The monoisotopic (exact) mass is 508 g/mol. The smallest absolute Gasteiger partial charge is 0.217 e. The number of aliphatic hydroxyl groups is 1. The summed E-state index contributed by atoms with van der Waals surface area (Å²) in [5.74, 6) is -1.57. The highest BCUT2D eigenvalue weighted by Gasteiger charge is 2.37. The van der Waals surface area contributed by atoms with Crippen LogP contribution in [0.15, 0.2) is 46.9 Å². The number of rotatable bonds is 8. The number of halogens is 3. The van der Waals surface area contributed by atoms with Crippen LogP contribution >= 0.6 is 15.9 Å². The van der Waals surface area contributed by atoms with Crippen LogP contribution in [0.3, 0.4) is 0 Å². The minimum Gasteiger partial charge on any atom is -0.390 e. The molecule has 0 aromatic heterocycles. The molecule has 172 valence electrons. The van der Waals surface area contributed by atoms with E-state index in [0.29, 0.717) is 31.2 Å². The molecule has 3 rings (SSSR count). The molecule has 2 aromatic rings. The van der Waals surface area contributed by atoms with Crippen LogP contribution in [0, 0.1) is 11.6 Å². The van der Waals surface area contributed by atoms with Gasteiger partial charge in [0.05, 0.1) is 12.1 Å². The first-order valence-corrected chi connectivity index (χ1v) is 11.4. The van der Waals surface area contributed by atoms with E-state index in [-0.39, 0.29) is 24.7 Å². The lowest BCUT2D eigenvalue weighted by Gasteiger charge is -2.40. The first kappa shape index (κ1) is 24.5. The lowest BCUT2D eigenvalue weighted by atomic mass is 9.76. The van der Waals surface area contributed by atoms with E-state index in [1.165, 1.54) is 19.1 Å². The second-order valence-electron chi connectivity index (χ2n) is 8.37. The molecule has 1 fully saturated rings. The normalized spacial score (nSPS) is 17.6. The molecule has 1 saturated carbocycles. The fourth-order valence-electron chi connectivity index (χ4n) is 4.28. The van der Waals surface area contributed by atoms with Crippen molar-refractivity contribution in [2.24, 2.45) is 0 Å². The summed E-state index contributed by atoms with van der Waals surface area (Å²) >= 11 is 3.49. The van der Waals surface area contributed by atoms with E-state index in [0.717, 1.165) is 16.1 Å². The van der Waals surface area contributed by atoms with Crippen LogP contribution in [0.4, 0.5) is 8.78 Å². The van der Waals surface area contributed by atoms with Crippen molar-refractivity contribution in [3.63, 3.8) is 0 Å². The number of Topliss-reactive ketones (excluding diaryl/α,β-unsaturated/α-hetero) is 1. The standard InChI is InChI=1S/C24H27BrF2N2O3/c1-15(30)29-22(11-16-9-19(26)13-20(27)10-16)23(32)14-28-24(7-5-21(31)6-8-24)17-3-2-4-18(25)12-17/h2-4,9-10,12-13,22-23,28,32H,5-8,11,14H2,1H3,(H,29,30)/t22-,23+/m0/s1. The van der Waals surface area contributed by atoms with Crippen molar-refractivity contribution in [2.45, 2.75) is 56.7 Å². The van der Waals surface area contributed by atoms with E-state index in [1.54, 1.807) is 0 Å². The third kappa shape index (κ3) is 6.43. The van der Waals surface area contributed by atoms with Gasteiger partial charge in [-0.1, -0.05) is 28.1 Å². The molecule has 5 nitrogen and oxygen atoms in total. The highest BCUT2D eigenvalue weighted by Crippen LogP contribution is 2.37. The number of amides is 1. The maximum absolute atomic E-state index is 13.6. The molecular formula is C24H27BrF2N2O3. The first-order valence-electron chi connectivity index (χ1n) is 10.6. The summed E-state index contributed by atoms with van der Waals surface area (Å²) in [4.78, 5) is 23.6. The maximum Gasteiger partial charge on any atom is 0.217 e. The van der Waals surface area contributed by atoms with Crippen molar-refractivity contribution < 1.29 is 23.5 Å². The zero-order chi connectivity index (χ0) is 23.3. The van der Waals surface area contributed by atoms with Gasteiger partial charge in [0.15, 0.2) is 0 Å². The van der Waals surface area contributed by atoms with Crippen molar-refractivity contribution in [1.29, 1.82) is 0 Å². The first-order chi connectivity index (χ1) is 15.2. The highest BCUT2D eigenvalue weighted by molar-refractivity contribution is 9.10. The van der Waals surface area contributed by atoms with E-state index in [4.69, 9.17) is 0 Å². The Bertz CT molecular complexity index is 955. The van der Waals surface area contributed by atoms with Crippen LogP contribution in [0.25, 0.3) is 0 Å². The Hall–Kier alpha value is -2.16. The summed E-state index contributed by atoms with van der Waals surface area (Å²) in [6, 6.07) is 10.2. The number of hydrogen-bond donors (Lipinski definition) is 3. The van der Waals surface area contributed by atoms with Gasteiger partial charge in [-0.15, -0.1) is 0 Å². The molecule has 0 spiro atoms. The fourth-order valence-corrected chi connectivity index (χ4v) is 4.68.